The molecule has 3 rings (SSSR count). The lowest BCUT2D eigenvalue weighted by Gasteiger charge is -2.31. The summed E-state index contributed by atoms with van der Waals surface area (Å²) >= 11 is 0. The Morgan fingerprint density at radius 2 is 1.84 bits per heavy atom. The molecule has 1 heterocycles. The second-order valence-electron chi connectivity index (χ2n) is 7.27. The lowest BCUT2D eigenvalue weighted by Crippen LogP contribution is -2.17. The topological polar surface area (TPSA) is 69.1 Å². The van der Waals surface area contributed by atoms with E-state index in [-0.39, 0.29) is 23.3 Å². The SMILES string of the molecule is C=C(C)[C@@H]1CCC(C)=C[C@H]1c1c(O)cc(-c2c(C)n[nH]c2C)cc1O. The van der Waals surface area contributed by atoms with Crippen molar-refractivity contribution in [3.05, 3.63) is 52.9 Å². The number of nitrogens with zero attached hydrogens (tertiary/aromatic N) is 1. The van der Waals surface area contributed by atoms with Crippen LogP contribution in [0.5, 0.6) is 11.5 Å². The fourth-order valence-corrected chi connectivity index (χ4v) is 3.99. The molecular formula is C21H26N2O2. The zero-order valence-electron chi connectivity index (χ0n) is 15.3. The normalized spacial score (nSPS) is 20.4. The molecule has 2 atom stereocenters. The number of aromatic nitrogens is 2. The number of aromatic hydroxyl groups is 2. The number of H-pyrrole nitrogens is 1. The van der Waals surface area contributed by atoms with E-state index in [0.717, 1.165) is 40.9 Å². The zero-order valence-corrected chi connectivity index (χ0v) is 15.3. The van der Waals surface area contributed by atoms with Gasteiger partial charge in [-0.3, -0.25) is 5.10 Å². The third kappa shape index (κ3) is 3.09. The summed E-state index contributed by atoms with van der Waals surface area (Å²) in [6, 6.07) is 3.46. The van der Waals surface area contributed by atoms with Gasteiger partial charge in [0.05, 0.1) is 5.69 Å². The summed E-state index contributed by atoms with van der Waals surface area (Å²) in [7, 11) is 0. The predicted molar refractivity (Wildman–Crippen MR) is 101 cm³/mol. The van der Waals surface area contributed by atoms with Gasteiger partial charge in [-0.2, -0.15) is 5.10 Å². The van der Waals surface area contributed by atoms with Gasteiger partial charge in [-0.05, 0) is 64.2 Å². The van der Waals surface area contributed by atoms with Crippen molar-refractivity contribution >= 4 is 0 Å². The van der Waals surface area contributed by atoms with E-state index < -0.39 is 0 Å². The third-order valence-electron chi connectivity index (χ3n) is 5.27. The molecule has 0 saturated heterocycles. The molecule has 3 N–H and O–H groups in total. The molecule has 0 fully saturated rings. The standard InChI is InChI=1S/C21H26N2O2/c1-11(2)16-7-6-12(3)8-17(16)21-18(24)9-15(10-19(21)25)20-13(4)22-23-14(20)5/h8-10,16-17,24-25H,1,6-7H2,2-5H3,(H,22,23)/t16-,17+/m0/s1. The van der Waals surface area contributed by atoms with Crippen molar-refractivity contribution in [3.8, 4) is 22.6 Å². The number of benzene rings is 1. The van der Waals surface area contributed by atoms with Crippen molar-refractivity contribution in [1.82, 2.24) is 10.2 Å². The van der Waals surface area contributed by atoms with Crippen LogP contribution in [0.25, 0.3) is 11.1 Å². The Morgan fingerprint density at radius 3 is 2.36 bits per heavy atom. The van der Waals surface area contributed by atoms with E-state index in [1.54, 1.807) is 12.1 Å². The summed E-state index contributed by atoms with van der Waals surface area (Å²) in [6.07, 6.45) is 4.18. The maximum Gasteiger partial charge on any atom is 0.123 e. The molecule has 25 heavy (non-hydrogen) atoms. The molecule has 0 saturated carbocycles. The Labute approximate surface area is 148 Å². The quantitative estimate of drug-likeness (QED) is 0.680. The number of nitrogens with one attached hydrogen (secondary N) is 1. The highest BCUT2D eigenvalue weighted by Gasteiger charge is 2.30. The van der Waals surface area contributed by atoms with Crippen LogP contribution >= 0.6 is 0 Å². The molecule has 1 aliphatic carbocycles. The highest BCUT2D eigenvalue weighted by Crippen LogP contribution is 2.47. The molecule has 4 nitrogen and oxygen atoms in total. The van der Waals surface area contributed by atoms with E-state index in [9.17, 15) is 10.2 Å². The van der Waals surface area contributed by atoms with Crippen molar-refractivity contribution in [2.24, 2.45) is 5.92 Å². The maximum absolute atomic E-state index is 10.7. The average Bonchev–Trinajstić information content (AvgIpc) is 2.85. The molecule has 0 unspecified atom stereocenters. The molecular weight excluding hydrogens is 312 g/mol. The molecule has 0 aliphatic heterocycles. The first-order chi connectivity index (χ1) is 11.8. The van der Waals surface area contributed by atoms with Crippen molar-refractivity contribution in [1.29, 1.82) is 0 Å². The van der Waals surface area contributed by atoms with E-state index >= 15 is 0 Å². The minimum absolute atomic E-state index is 0.0492. The lowest BCUT2D eigenvalue weighted by molar-refractivity contribution is 0.407. The van der Waals surface area contributed by atoms with Crippen molar-refractivity contribution in [3.63, 3.8) is 0 Å². The summed E-state index contributed by atoms with van der Waals surface area (Å²) in [5.41, 5.74) is 6.41. The van der Waals surface area contributed by atoms with Crippen molar-refractivity contribution in [2.45, 2.75) is 46.5 Å². The first-order valence-electron chi connectivity index (χ1n) is 8.70. The molecule has 0 bridgehead atoms. The van der Waals surface area contributed by atoms with E-state index in [2.05, 4.69) is 29.8 Å². The number of hydrogen-bond acceptors (Lipinski definition) is 3. The van der Waals surface area contributed by atoms with Gasteiger partial charge >= 0.3 is 0 Å². The molecule has 0 radical (unpaired) electrons. The largest absolute Gasteiger partial charge is 0.507 e. The van der Waals surface area contributed by atoms with Crippen LogP contribution in [0.4, 0.5) is 0 Å². The molecule has 0 amide bonds. The number of allylic oxidation sites excluding steroid dienone is 3. The molecule has 2 aromatic rings. The van der Waals surface area contributed by atoms with Gasteiger partial charge in [-0.15, -0.1) is 0 Å². The van der Waals surface area contributed by atoms with Crippen LogP contribution in [-0.4, -0.2) is 20.4 Å². The number of phenols is 2. The second-order valence-corrected chi connectivity index (χ2v) is 7.27. The van der Waals surface area contributed by atoms with Crippen LogP contribution < -0.4 is 0 Å². The monoisotopic (exact) mass is 338 g/mol. The number of hydrogen-bond donors (Lipinski definition) is 3. The van der Waals surface area contributed by atoms with Crippen LogP contribution in [0.3, 0.4) is 0 Å². The number of aromatic amines is 1. The summed E-state index contributed by atoms with van der Waals surface area (Å²) < 4.78 is 0. The highest BCUT2D eigenvalue weighted by atomic mass is 16.3. The first-order valence-corrected chi connectivity index (χ1v) is 8.70. The third-order valence-corrected chi connectivity index (χ3v) is 5.27. The Balaban J connectivity index is 2.12. The van der Waals surface area contributed by atoms with Crippen LogP contribution in [0.1, 0.15) is 49.6 Å². The fourth-order valence-electron chi connectivity index (χ4n) is 3.99. The van der Waals surface area contributed by atoms with Gasteiger partial charge in [0.25, 0.3) is 0 Å². The van der Waals surface area contributed by atoms with Crippen molar-refractivity contribution in [2.75, 3.05) is 0 Å². The van der Waals surface area contributed by atoms with Gasteiger partial charge in [-0.25, -0.2) is 0 Å². The summed E-state index contributed by atoms with van der Waals surface area (Å²) in [5.74, 6) is 0.421. The van der Waals surface area contributed by atoms with E-state index in [1.807, 2.05) is 20.8 Å². The Morgan fingerprint density at radius 1 is 1.20 bits per heavy atom. The van der Waals surface area contributed by atoms with Gasteiger partial charge in [0, 0.05) is 22.7 Å². The maximum atomic E-state index is 10.7. The molecule has 0 spiro atoms. The Hall–Kier alpha value is -2.49. The summed E-state index contributed by atoms with van der Waals surface area (Å²) in [6.45, 7) is 12.1. The minimum atomic E-state index is -0.0492. The van der Waals surface area contributed by atoms with Crippen LogP contribution in [-0.2, 0) is 0 Å². The van der Waals surface area contributed by atoms with Crippen molar-refractivity contribution < 1.29 is 10.2 Å². The van der Waals surface area contributed by atoms with E-state index in [1.165, 1.54) is 5.57 Å². The van der Waals surface area contributed by atoms with E-state index in [4.69, 9.17) is 0 Å². The van der Waals surface area contributed by atoms with Gasteiger partial charge < -0.3 is 10.2 Å². The number of phenolic OH excluding ortho intramolecular Hbond substituents is 2. The minimum Gasteiger partial charge on any atom is -0.507 e. The zero-order chi connectivity index (χ0) is 18.3. The van der Waals surface area contributed by atoms with Crippen LogP contribution in [0, 0.1) is 19.8 Å². The summed E-state index contributed by atoms with van der Waals surface area (Å²) in [5, 5.41) is 28.6. The Bertz CT molecular complexity index is 818. The van der Waals surface area contributed by atoms with Gasteiger partial charge in [0.2, 0.25) is 0 Å². The Kier molecular flexibility index (Phi) is 4.46. The van der Waals surface area contributed by atoms with Crippen LogP contribution in [0.15, 0.2) is 35.9 Å². The smallest absolute Gasteiger partial charge is 0.123 e. The number of aryl methyl sites for hydroxylation is 2. The molecule has 1 aromatic heterocycles. The fraction of sp³-hybridized carbons (Fsp3) is 0.381. The molecule has 1 aliphatic rings. The molecule has 4 heteroatoms. The van der Waals surface area contributed by atoms with Gasteiger partial charge in [-0.1, -0.05) is 23.8 Å². The van der Waals surface area contributed by atoms with Crippen LogP contribution in [0.2, 0.25) is 0 Å². The van der Waals surface area contributed by atoms with Gasteiger partial charge in [0.15, 0.2) is 0 Å². The van der Waals surface area contributed by atoms with Gasteiger partial charge in [0.1, 0.15) is 11.5 Å². The molecule has 1 aromatic carbocycles. The number of rotatable bonds is 3. The highest BCUT2D eigenvalue weighted by molar-refractivity contribution is 5.73. The molecule has 132 valence electrons. The lowest BCUT2D eigenvalue weighted by atomic mass is 9.73. The second kappa shape index (κ2) is 6.43. The predicted octanol–water partition coefficient (Wildman–Crippen LogP) is 5.12. The summed E-state index contributed by atoms with van der Waals surface area (Å²) in [4.78, 5) is 0. The average molecular weight is 338 g/mol. The first kappa shape index (κ1) is 17.3. The van der Waals surface area contributed by atoms with E-state index in [0.29, 0.717) is 5.56 Å².